The Hall–Kier alpha value is -1.85. The van der Waals surface area contributed by atoms with Gasteiger partial charge in [-0.25, -0.2) is 4.98 Å². The number of carbonyl (C=O) groups excluding carboxylic acids is 2. The quantitative estimate of drug-likeness (QED) is 0.886. The van der Waals surface area contributed by atoms with Gasteiger partial charge in [-0.1, -0.05) is 0 Å². The molecular formula is C14H22N4O2. The van der Waals surface area contributed by atoms with Crippen molar-refractivity contribution in [2.24, 2.45) is 18.7 Å². The molecule has 6 heteroatoms. The van der Waals surface area contributed by atoms with Crippen molar-refractivity contribution in [3.05, 3.63) is 17.7 Å². The van der Waals surface area contributed by atoms with Gasteiger partial charge in [0, 0.05) is 26.6 Å². The fourth-order valence-corrected chi connectivity index (χ4v) is 2.77. The monoisotopic (exact) mass is 278 g/mol. The van der Waals surface area contributed by atoms with Crippen molar-refractivity contribution in [3.63, 3.8) is 0 Å². The molecule has 0 radical (unpaired) electrons. The average molecular weight is 278 g/mol. The van der Waals surface area contributed by atoms with Crippen LogP contribution in [0.4, 0.5) is 0 Å². The summed E-state index contributed by atoms with van der Waals surface area (Å²) in [6.07, 6.45) is 4.83. The Morgan fingerprint density at radius 3 is 2.55 bits per heavy atom. The Kier molecular flexibility index (Phi) is 4.42. The number of amides is 2. The molecule has 110 valence electrons. The molecule has 0 spiro atoms. The van der Waals surface area contributed by atoms with Crippen molar-refractivity contribution in [3.8, 4) is 0 Å². The first-order valence-electron chi connectivity index (χ1n) is 7.04. The summed E-state index contributed by atoms with van der Waals surface area (Å²) in [4.78, 5) is 29.3. The normalized spacial score (nSPS) is 16.4. The summed E-state index contributed by atoms with van der Waals surface area (Å²) >= 11 is 0. The topological polar surface area (TPSA) is 81.2 Å². The maximum Gasteiger partial charge on any atom is 0.272 e. The molecule has 1 aliphatic rings. The van der Waals surface area contributed by atoms with Crippen molar-refractivity contribution in [2.75, 3.05) is 13.1 Å². The molecule has 0 aliphatic carbocycles. The first-order chi connectivity index (χ1) is 9.49. The Bertz CT molecular complexity index is 482. The van der Waals surface area contributed by atoms with E-state index in [4.69, 9.17) is 5.73 Å². The number of piperidine rings is 1. The average Bonchev–Trinajstić information content (AvgIpc) is 2.76. The van der Waals surface area contributed by atoms with E-state index < -0.39 is 0 Å². The standard InChI is InChI=1S/C14H22N4O2/c1-10-13(17(2)9-16-10)14(20)18-7-5-11(6-8-18)3-4-12(15)19/h9,11H,3-8H2,1-2H3,(H2,15,19). The third-order valence-electron chi connectivity index (χ3n) is 4.02. The molecular weight excluding hydrogens is 256 g/mol. The second-order valence-corrected chi connectivity index (χ2v) is 5.53. The molecule has 2 N–H and O–H groups in total. The highest BCUT2D eigenvalue weighted by Crippen LogP contribution is 2.23. The lowest BCUT2D eigenvalue weighted by Gasteiger charge is -2.32. The Balaban J connectivity index is 1.91. The van der Waals surface area contributed by atoms with E-state index in [1.165, 1.54) is 0 Å². The smallest absolute Gasteiger partial charge is 0.272 e. The Labute approximate surface area is 119 Å². The van der Waals surface area contributed by atoms with Gasteiger partial charge in [0.2, 0.25) is 5.91 Å². The number of nitrogens with zero attached hydrogens (tertiary/aromatic N) is 3. The summed E-state index contributed by atoms with van der Waals surface area (Å²) in [6, 6.07) is 0. The van der Waals surface area contributed by atoms with E-state index >= 15 is 0 Å². The highest BCUT2D eigenvalue weighted by Gasteiger charge is 2.26. The van der Waals surface area contributed by atoms with E-state index in [1.807, 2.05) is 18.9 Å². The summed E-state index contributed by atoms with van der Waals surface area (Å²) in [7, 11) is 1.84. The van der Waals surface area contributed by atoms with Gasteiger partial charge >= 0.3 is 0 Å². The fraction of sp³-hybridized carbons (Fsp3) is 0.643. The first-order valence-corrected chi connectivity index (χ1v) is 7.04. The van der Waals surface area contributed by atoms with Gasteiger partial charge in [-0.05, 0) is 32.1 Å². The predicted molar refractivity (Wildman–Crippen MR) is 75.0 cm³/mol. The van der Waals surface area contributed by atoms with Gasteiger partial charge in [0.05, 0.1) is 12.0 Å². The Morgan fingerprint density at radius 2 is 2.05 bits per heavy atom. The van der Waals surface area contributed by atoms with Gasteiger partial charge in [-0.2, -0.15) is 0 Å². The molecule has 1 saturated heterocycles. The molecule has 2 heterocycles. The SMILES string of the molecule is Cc1ncn(C)c1C(=O)N1CCC(CCC(N)=O)CC1. The molecule has 0 aromatic carbocycles. The lowest BCUT2D eigenvalue weighted by atomic mass is 9.92. The van der Waals surface area contributed by atoms with Crippen LogP contribution < -0.4 is 5.73 Å². The van der Waals surface area contributed by atoms with Crippen LogP contribution >= 0.6 is 0 Å². The number of rotatable bonds is 4. The Morgan fingerprint density at radius 1 is 1.40 bits per heavy atom. The van der Waals surface area contributed by atoms with Gasteiger partial charge in [0.1, 0.15) is 5.69 Å². The van der Waals surface area contributed by atoms with Gasteiger partial charge in [0.15, 0.2) is 0 Å². The second kappa shape index (κ2) is 6.07. The summed E-state index contributed by atoms with van der Waals surface area (Å²) in [6.45, 7) is 3.34. The molecule has 1 aromatic heterocycles. The largest absolute Gasteiger partial charge is 0.370 e. The van der Waals surface area contributed by atoms with Crippen molar-refractivity contribution in [1.82, 2.24) is 14.5 Å². The van der Waals surface area contributed by atoms with Crippen molar-refractivity contribution in [1.29, 1.82) is 0 Å². The highest BCUT2D eigenvalue weighted by molar-refractivity contribution is 5.93. The van der Waals surface area contributed by atoms with E-state index in [-0.39, 0.29) is 11.8 Å². The molecule has 0 unspecified atom stereocenters. The third kappa shape index (κ3) is 3.18. The van der Waals surface area contributed by atoms with Crippen LogP contribution in [0.2, 0.25) is 0 Å². The van der Waals surface area contributed by atoms with Crippen molar-refractivity contribution >= 4 is 11.8 Å². The van der Waals surface area contributed by atoms with E-state index in [2.05, 4.69) is 4.98 Å². The van der Waals surface area contributed by atoms with Crippen LogP contribution in [0.1, 0.15) is 41.9 Å². The molecule has 2 rings (SSSR count). The molecule has 1 fully saturated rings. The van der Waals surface area contributed by atoms with Crippen LogP contribution in [0, 0.1) is 12.8 Å². The van der Waals surface area contributed by atoms with E-state index in [0.717, 1.165) is 38.0 Å². The van der Waals surface area contributed by atoms with Gasteiger partial charge in [0.25, 0.3) is 5.91 Å². The van der Waals surface area contributed by atoms with Crippen LogP contribution in [0.15, 0.2) is 6.33 Å². The number of likely N-dealkylation sites (tertiary alicyclic amines) is 1. The molecule has 1 aliphatic heterocycles. The van der Waals surface area contributed by atoms with Crippen LogP contribution in [-0.4, -0.2) is 39.4 Å². The third-order valence-corrected chi connectivity index (χ3v) is 4.02. The van der Waals surface area contributed by atoms with Crippen molar-refractivity contribution in [2.45, 2.75) is 32.6 Å². The predicted octanol–water partition coefficient (Wildman–Crippen LogP) is 0.846. The number of imidazole rings is 1. The number of hydrogen-bond donors (Lipinski definition) is 1. The van der Waals surface area contributed by atoms with Crippen LogP contribution in [-0.2, 0) is 11.8 Å². The minimum Gasteiger partial charge on any atom is -0.370 e. The van der Waals surface area contributed by atoms with Gasteiger partial charge < -0.3 is 15.2 Å². The zero-order chi connectivity index (χ0) is 14.7. The van der Waals surface area contributed by atoms with Gasteiger partial charge in [-0.3, -0.25) is 9.59 Å². The minimum absolute atomic E-state index is 0.0517. The maximum absolute atomic E-state index is 12.5. The van der Waals surface area contributed by atoms with Crippen LogP contribution in [0.5, 0.6) is 0 Å². The molecule has 0 saturated carbocycles. The summed E-state index contributed by atoms with van der Waals surface area (Å²) in [5.41, 5.74) is 6.61. The molecule has 2 amide bonds. The molecule has 1 aromatic rings. The van der Waals surface area contributed by atoms with Crippen molar-refractivity contribution < 1.29 is 9.59 Å². The molecule has 0 bridgehead atoms. The number of aryl methyl sites for hydroxylation is 2. The summed E-state index contributed by atoms with van der Waals surface area (Å²) in [5.74, 6) is 0.309. The van der Waals surface area contributed by atoms with Gasteiger partial charge in [-0.15, -0.1) is 0 Å². The summed E-state index contributed by atoms with van der Waals surface area (Å²) in [5, 5.41) is 0. The zero-order valence-corrected chi connectivity index (χ0v) is 12.1. The number of aromatic nitrogens is 2. The maximum atomic E-state index is 12.5. The minimum atomic E-state index is -0.242. The lowest BCUT2D eigenvalue weighted by Crippen LogP contribution is -2.39. The zero-order valence-electron chi connectivity index (χ0n) is 12.1. The highest BCUT2D eigenvalue weighted by atomic mass is 16.2. The van der Waals surface area contributed by atoms with Crippen LogP contribution in [0.25, 0.3) is 0 Å². The lowest BCUT2D eigenvalue weighted by molar-refractivity contribution is -0.118. The summed E-state index contributed by atoms with van der Waals surface area (Å²) < 4.78 is 1.77. The number of nitrogens with two attached hydrogens (primary N) is 1. The van der Waals surface area contributed by atoms with E-state index in [1.54, 1.807) is 10.9 Å². The molecule has 0 atom stereocenters. The van der Waals surface area contributed by atoms with E-state index in [0.29, 0.717) is 18.0 Å². The number of primary amides is 1. The van der Waals surface area contributed by atoms with E-state index in [9.17, 15) is 9.59 Å². The number of hydrogen-bond acceptors (Lipinski definition) is 3. The second-order valence-electron chi connectivity index (χ2n) is 5.53. The fourth-order valence-electron chi connectivity index (χ4n) is 2.77. The van der Waals surface area contributed by atoms with Crippen LogP contribution in [0.3, 0.4) is 0 Å². The first kappa shape index (κ1) is 14.6. The number of carbonyl (C=O) groups is 2. The molecule has 6 nitrogen and oxygen atoms in total. The molecule has 20 heavy (non-hydrogen) atoms.